The van der Waals surface area contributed by atoms with Gasteiger partial charge in [0.2, 0.25) is 0 Å². The van der Waals surface area contributed by atoms with Crippen LogP contribution in [0.3, 0.4) is 0 Å². The van der Waals surface area contributed by atoms with E-state index < -0.39 is 0 Å². The first-order valence-corrected chi connectivity index (χ1v) is 5.69. The van der Waals surface area contributed by atoms with E-state index in [0.717, 1.165) is 12.7 Å². The molecule has 1 aromatic carbocycles. The maximum absolute atomic E-state index is 10.4. The molecule has 0 unspecified atom stereocenters. The van der Waals surface area contributed by atoms with E-state index >= 15 is 0 Å². The average molecular weight is 303 g/mol. The lowest BCUT2D eigenvalue weighted by Gasteiger charge is -2.12. The zero-order valence-electron chi connectivity index (χ0n) is 8.16. The van der Waals surface area contributed by atoms with Gasteiger partial charge in [0.15, 0.2) is 0 Å². The van der Waals surface area contributed by atoms with Crippen LogP contribution in [0.2, 0.25) is 0 Å². The fourth-order valence-corrected chi connectivity index (χ4v) is 1.68. The highest BCUT2D eigenvalue weighted by atomic mass is 127. The van der Waals surface area contributed by atoms with E-state index in [2.05, 4.69) is 52.2 Å². The molecule has 1 N–H and O–H groups in total. The predicted molar refractivity (Wildman–Crippen MR) is 66.4 cm³/mol. The minimum atomic E-state index is 0.257. The monoisotopic (exact) mass is 303 g/mol. The molecule has 0 aliphatic heterocycles. The van der Waals surface area contributed by atoms with Crippen LogP contribution in [-0.2, 0) is 11.2 Å². The number of carbonyl (C=O) groups is 1. The Morgan fingerprint density at radius 3 is 2.57 bits per heavy atom. The molecule has 0 spiro atoms. The number of benzene rings is 1. The van der Waals surface area contributed by atoms with Gasteiger partial charge >= 0.3 is 0 Å². The first kappa shape index (κ1) is 11.7. The van der Waals surface area contributed by atoms with Crippen LogP contribution >= 0.6 is 22.6 Å². The Balaban J connectivity index is 2.57. The van der Waals surface area contributed by atoms with Gasteiger partial charge in [0.05, 0.1) is 0 Å². The van der Waals surface area contributed by atoms with E-state index in [1.54, 1.807) is 0 Å². The first-order valence-electron chi connectivity index (χ1n) is 4.61. The number of hydrogen-bond acceptors (Lipinski definition) is 2. The van der Waals surface area contributed by atoms with Crippen molar-refractivity contribution in [3.05, 3.63) is 33.4 Å². The molecule has 0 aromatic heterocycles. The summed E-state index contributed by atoms with van der Waals surface area (Å²) in [5.74, 6) is 0. The molecular weight excluding hydrogens is 289 g/mol. The Kier molecular flexibility index (Phi) is 5.11. The predicted octanol–water partition coefficient (Wildman–Crippen LogP) is 2.01. The highest BCUT2D eigenvalue weighted by Gasteiger charge is 2.05. The minimum Gasteiger partial charge on any atom is -0.316 e. The summed E-state index contributed by atoms with van der Waals surface area (Å²) in [4.78, 5) is 10.4. The number of nitrogens with one attached hydrogen (secondary N) is 1. The standard InChI is InChI=1S/C11H14INO/c1-13-11(6-7-14)8-9-2-4-10(12)5-3-9/h2-5,7,11,13H,6,8H2,1H3/t11-/m0/s1. The van der Waals surface area contributed by atoms with Crippen molar-refractivity contribution >= 4 is 28.9 Å². The van der Waals surface area contributed by atoms with Crippen LogP contribution in [-0.4, -0.2) is 19.4 Å². The van der Waals surface area contributed by atoms with Gasteiger partial charge < -0.3 is 10.1 Å². The molecule has 0 amide bonds. The van der Waals surface area contributed by atoms with Crippen molar-refractivity contribution in [1.29, 1.82) is 0 Å². The SMILES string of the molecule is CN[C@@H](CC=O)Cc1ccc(I)cc1. The third-order valence-electron chi connectivity index (χ3n) is 2.18. The van der Waals surface area contributed by atoms with Crippen LogP contribution in [0.15, 0.2) is 24.3 Å². The number of rotatable bonds is 5. The maximum atomic E-state index is 10.4. The third-order valence-corrected chi connectivity index (χ3v) is 2.90. The Hall–Kier alpha value is -0.420. The van der Waals surface area contributed by atoms with Crippen LogP contribution in [0.4, 0.5) is 0 Å². The van der Waals surface area contributed by atoms with Crippen molar-refractivity contribution in [2.75, 3.05) is 7.05 Å². The summed E-state index contributed by atoms with van der Waals surface area (Å²) in [5, 5.41) is 3.13. The molecule has 3 heteroatoms. The summed E-state index contributed by atoms with van der Waals surface area (Å²) in [7, 11) is 1.89. The van der Waals surface area contributed by atoms with E-state index in [-0.39, 0.29) is 6.04 Å². The number of likely N-dealkylation sites (N-methyl/N-ethyl adjacent to an activating group) is 1. The third kappa shape index (κ3) is 3.75. The summed E-state index contributed by atoms with van der Waals surface area (Å²) in [6.07, 6.45) is 2.45. The molecule has 0 bridgehead atoms. The lowest BCUT2D eigenvalue weighted by atomic mass is 10.0. The highest BCUT2D eigenvalue weighted by Crippen LogP contribution is 2.09. The van der Waals surface area contributed by atoms with Crippen molar-refractivity contribution in [2.45, 2.75) is 18.9 Å². The first-order chi connectivity index (χ1) is 6.76. The van der Waals surface area contributed by atoms with Gasteiger partial charge in [-0.25, -0.2) is 0 Å². The van der Waals surface area contributed by atoms with E-state index in [4.69, 9.17) is 0 Å². The fourth-order valence-electron chi connectivity index (χ4n) is 1.32. The van der Waals surface area contributed by atoms with E-state index in [1.165, 1.54) is 9.13 Å². The molecule has 14 heavy (non-hydrogen) atoms. The van der Waals surface area contributed by atoms with Gasteiger partial charge in [0.1, 0.15) is 6.29 Å². The topological polar surface area (TPSA) is 29.1 Å². The van der Waals surface area contributed by atoms with Crippen molar-refractivity contribution in [1.82, 2.24) is 5.32 Å². The second kappa shape index (κ2) is 6.14. The fraction of sp³-hybridized carbons (Fsp3) is 0.364. The van der Waals surface area contributed by atoms with Gasteiger partial charge in [-0.05, 0) is 53.8 Å². The molecule has 0 saturated heterocycles. The van der Waals surface area contributed by atoms with E-state index in [9.17, 15) is 4.79 Å². The van der Waals surface area contributed by atoms with Crippen LogP contribution < -0.4 is 5.32 Å². The Morgan fingerprint density at radius 1 is 1.43 bits per heavy atom. The zero-order chi connectivity index (χ0) is 10.4. The quantitative estimate of drug-likeness (QED) is 0.666. The highest BCUT2D eigenvalue weighted by molar-refractivity contribution is 14.1. The van der Waals surface area contributed by atoms with Gasteiger partial charge in [-0.3, -0.25) is 0 Å². The van der Waals surface area contributed by atoms with Gasteiger partial charge in [0, 0.05) is 16.0 Å². The largest absolute Gasteiger partial charge is 0.316 e. The Morgan fingerprint density at radius 2 is 2.07 bits per heavy atom. The maximum Gasteiger partial charge on any atom is 0.121 e. The average Bonchev–Trinajstić information content (AvgIpc) is 2.20. The van der Waals surface area contributed by atoms with Crippen molar-refractivity contribution < 1.29 is 4.79 Å². The molecule has 0 fully saturated rings. The van der Waals surface area contributed by atoms with Gasteiger partial charge in [0.25, 0.3) is 0 Å². The lowest BCUT2D eigenvalue weighted by Crippen LogP contribution is -2.27. The number of aldehydes is 1. The number of hydrogen-bond donors (Lipinski definition) is 1. The molecule has 2 nitrogen and oxygen atoms in total. The van der Waals surface area contributed by atoms with Gasteiger partial charge in [-0.2, -0.15) is 0 Å². The van der Waals surface area contributed by atoms with Crippen LogP contribution in [0, 0.1) is 3.57 Å². The Bertz CT molecular complexity index is 284. The molecule has 0 radical (unpaired) electrons. The molecule has 1 atom stereocenters. The molecule has 0 aliphatic rings. The second-order valence-corrected chi connectivity index (χ2v) is 4.46. The minimum absolute atomic E-state index is 0.257. The van der Waals surface area contributed by atoms with E-state index in [0.29, 0.717) is 6.42 Å². The van der Waals surface area contributed by atoms with Crippen LogP contribution in [0.25, 0.3) is 0 Å². The Labute approximate surface area is 98.2 Å². The second-order valence-electron chi connectivity index (χ2n) is 3.22. The van der Waals surface area contributed by atoms with Crippen LogP contribution in [0.1, 0.15) is 12.0 Å². The normalized spacial score (nSPS) is 12.4. The molecule has 1 aromatic rings. The van der Waals surface area contributed by atoms with Gasteiger partial charge in [-0.15, -0.1) is 0 Å². The molecule has 1 rings (SSSR count). The summed E-state index contributed by atoms with van der Waals surface area (Å²) in [6.45, 7) is 0. The lowest BCUT2D eigenvalue weighted by molar-refractivity contribution is -0.108. The smallest absolute Gasteiger partial charge is 0.121 e. The van der Waals surface area contributed by atoms with E-state index in [1.807, 2.05) is 7.05 Å². The number of carbonyl (C=O) groups excluding carboxylic acids is 1. The molecule has 0 saturated carbocycles. The van der Waals surface area contributed by atoms with Gasteiger partial charge in [-0.1, -0.05) is 12.1 Å². The van der Waals surface area contributed by atoms with Crippen molar-refractivity contribution in [2.24, 2.45) is 0 Å². The van der Waals surface area contributed by atoms with Crippen molar-refractivity contribution in [3.63, 3.8) is 0 Å². The molecular formula is C11H14INO. The molecule has 76 valence electrons. The molecule has 0 aliphatic carbocycles. The van der Waals surface area contributed by atoms with Crippen molar-refractivity contribution in [3.8, 4) is 0 Å². The summed E-state index contributed by atoms with van der Waals surface area (Å²) in [5.41, 5.74) is 1.27. The summed E-state index contributed by atoms with van der Waals surface area (Å²) >= 11 is 2.28. The number of halogens is 1. The van der Waals surface area contributed by atoms with Crippen LogP contribution in [0.5, 0.6) is 0 Å². The summed E-state index contributed by atoms with van der Waals surface area (Å²) < 4.78 is 1.24. The summed E-state index contributed by atoms with van der Waals surface area (Å²) in [6, 6.07) is 8.65. The zero-order valence-corrected chi connectivity index (χ0v) is 10.3. The molecule has 0 heterocycles.